The number of hydrogen-bond donors (Lipinski definition) is 1. The molecule has 0 spiro atoms. The summed E-state index contributed by atoms with van der Waals surface area (Å²) in [7, 11) is 0. The van der Waals surface area contributed by atoms with Gasteiger partial charge in [-0.3, -0.25) is 0 Å². The predicted molar refractivity (Wildman–Crippen MR) is 49.6 cm³/mol. The largest absolute Gasteiger partial charge is 0.314 e. The summed E-state index contributed by atoms with van der Waals surface area (Å²) in [6, 6.07) is 0.744. The van der Waals surface area contributed by atoms with Crippen LogP contribution in [0.3, 0.4) is 0 Å². The zero-order valence-corrected chi connectivity index (χ0v) is 8.06. The molecule has 1 fully saturated rings. The molecule has 3 unspecified atom stereocenters. The molecule has 11 heavy (non-hydrogen) atoms. The van der Waals surface area contributed by atoms with Gasteiger partial charge in [-0.25, -0.2) is 0 Å². The van der Waals surface area contributed by atoms with Crippen molar-refractivity contribution in [2.75, 3.05) is 6.54 Å². The van der Waals surface area contributed by atoms with Gasteiger partial charge in [0.25, 0.3) is 0 Å². The summed E-state index contributed by atoms with van der Waals surface area (Å²) < 4.78 is 0. The lowest BCUT2D eigenvalue weighted by molar-refractivity contribution is 0.342. The third-order valence-electron chi connectivity index (χ3n) is 3.09. The minimum atomic E-state index is 0.744. The highest BCUT2D eigenvalue weighted by atomic mass is 14.9. The first-order valence-corrected chi connectivity index (χ1v) is 4.97. The van der Waals surface area contributed by atoms with Gasteiger partial charge in [0.2, 0.25) is 0 Å². The van der Waals surface area contributed by atoms with Gasteiger partial charge in [0.15, 0.2) is 0 Å². The highest BCUT2D eigenvalue weighted by Gasteiger charge is 2.20. The SMILES string of the molecule is CCC1CCC(C)NCC1C. The summed E-state index contributed by atoms with van der Waals surface area (Å²) in [4.78, 5) is 0. The number of rotatable bonds is 1. The quantitative estimate of drug-likeness (QED) is 0.613. The molecule has 1 aliphatic rings. The minimum Gasteiger partial charge on any atom is -0.314 e. The smallest absolute Gasteiger partial charge is 0.00389 e. The van der Waals surface area contributed by atoms with Crippen molar-refractivity contribution in [3.05, 3.63) is 0 Å². The molecule has 3 atom stereocenters. The topological polar surface area (TPSA) is 12.0 Å². The zero-order valence-electron chi connectivity index (χ0n) is 8.06. The Labute approximate surface area is 70.6 Å². The maximum Gasteiger partial charge on any atom is 0.00389 e. The fraction of sp³-hybridized carbons (Fsp3) is 1.00. The van der Waals surface area contributed by atoms with Crippen molar-refractivity contribution >= 4 is 0 Å². The summed E-state index contributed by atoms with van der Waals surface area (Å²) >= 11 is 0. The second-order valence-corrected chi connectivity index (χ2v) is 4.03. The molecule has 1 N–H and O–H groups in total. The Morgan fingerprint density at radius 2 is 2.00 bits per heavy atom. The van der Waals surface area contributed by atoms with E-state index in [2.05, 4.69) is 26.1 Å². The molecule has 0 aromatic heterocycles. The highest BCUT2D eigenvalue weighted by molar-refractivity contribution is 4.75. The first kappa shape index (κ1) is 9.05. The summed E-state index contributed by atoms with van der Waals surface area (Å²) in [5.41, 5.74) is 0. The molecule has 1 aliphatic heterocycles. The van der Waals surface area contributed by atoms with Crippen molar-refractivity contribution in [3.8, 4) is 0 Å². The van der Waals surface area contributed by atoms with E-state index in [1.165, 1.54) is 25.8 Å². The van der Waals surface area contributed by atoms with Crippen LogP contribution in [0, 0.1) is 11.8 Å². The Balaban J connectivity index is 2.41. The second-order valence-electron chi connectivity index (χ2n) is 4.03. The standard InChI is InChI=1S/C10H21N/c1-4-10-6-5-9(3)11-7-8(10)2/h8-11H,4-7H2,1-3H3. The Morgan fingerprint density at radius 3 is 2.64 bits per heavy atom. The Morgan fingerprint density at radius 1 is 1.27 bits per heavy atom. The summed E-state index contributed by atoms with van der Waals surface area (Å²) in [5, 5.41) is 3.56. The van der Waals surface area contributed by atoms with Gasteiger partial charge in [0, 0.05) is 6.04 Å². The Bertz CT molecular complexity index is 111. The molecule has 0 bridgehead atoms. The van der Waals surface area contributed by atoms with Crippen molar-refractivity contribution in [2.24, 2.45) is 11.8 Å². The third kappa shape index (κ3) is 2.48. The lowest BCUT2D eigenvalue weighted by atomic mass is 9.88. The average molecular weight is 155 g/mol. The van der Waals surface area contributed by atoms with Gasteiger partial charge in [0.1, 0.15) is 0 Å². The van der Waals surface area contributed by atoms with E-state index in [4.69, 9.17) is 0 Å². The third-order valence-corrected chi connectivity index (χ3v) is 3.09. The molecule has 1 heterocycles. The summed E-state index contributed by atoms with van der Waals surface area (Å²) in [6.45, 7) is 8.21. The van der Waals surface area contributed by atoms with Crippen LogP contribution in [0.4, 0.5) is 0 Å². The van der Waals surface area contributed by atoms with Crippen molar-refractivity contribution in [1.29, 1.82) is 0 Å². The summed E-state index contributed by atoms with van der Waals surface area (Å²) in [5.74, 6) is 1.84. The molecule has 1 rings (SSSR count). The number of hydrogen-bond acceptors (Lipinski definition) is 1. The molecule has 1 nitrogen and oxygen atoms in total. The van der Waals surface area contributed by atoms with Gasteiger partial charge in [0.05, 0.1) is 0 Å². The van der Waals surface area contributed by atoms with E-state index in [9.17, 15) is 0 Å². The summed E-state index contributed by atoms with van der Waals surface area (Å²) in [6.07, 6.45) is 4.14. The second kappa shape index (κ2) is 4.10. The lowest BCUT2D eigenvalue weighted by Crippen LogP contribution is -2.28. The van der Waals surface area contributed by atoms with Gasteiger partial charge in [-0.2, -0.15) is 0 Å². The normalized spacial score (nSPS) is 40.1. The Hall–Kier alpha value is -0.0400. The molecule has 0 saturated carbocycles. The first-order valence-electron chi connectivity index (χ1n) is 4.97. The van der Waals surface area contributed by atoms with Crippen LogP contribution in [0.1, 0.15) is 40.0 Å². The van der Waals surface area contributed by atoms with Gasteiger partial charge in [-0.15, -0.1) is 0 Å². The molecule has 1 saturated heterocycles. The van der Waals surface area contributed by atoms with Crippen molar-refractivity contribution in [2.45, 2.75) is 46.1 Å². The van der Waals surface area contributed by atoms with Gasteiger partial charge in [-0.05, 0) is 38.1 Å². The molecular weight excluding hydrogens is 134 g/mol. The fourth-order valence-electron chi connectivity index (χ4n) is 2.01. The van der Waals surface area contributed by atoms with E-state index < -0.39 is 0 Å². The van der Waals surface area contributed by atoms with Crippen LogP contribution in [0.5, 0.6) is 0 Å². The van der Waals surface area contributed by atoms with Crippen LogP contribution >= 0.6 is 0 Å². The van der Waals surface area contributed by atoms with E-state index in [1.54, 1.807) is 0 Å². The minimum absolute atomic E-state index is 0.744. The van der Waals surface area contributed by atoms with Crippen molar-refractivity contribution < 1.29 is 0 Å². The maximum atomic E-state index is 3.56. The van der Waals surface area contributed by atoms with E-state index in [0.717, 1.165) is 17.9 Å². The zero-order chi connectivity index (χ0) is 8.27. The highest BCUT2D eigenvalue weighted by Crippen LogP contribution is 2.24. The molecule has 0 aliphatic carbocycles. The fourth-order valence-corrected chi connectivity index (χ4v) is 2.01. The lowest BCUT2D eigenvalue weighted by Gasteiger charge is -2.18. The van der Waals surface area contributed by atoms with Crippen LogP contribution in [0.15, 0.2) is 0 Å². The molecule has 0 aromatic carbocycles. The Kier molecular flexibility index (Phi) is 3.38. The van der Waals surface area contributed by atoms with Crippen LogP contribution in [0.25, 0.3) is 0 Å². The molecule has 0 radical (unpaired) electrons. The molecule has 66 valence electrons. The van der Waals surface area contributed by atoms with E-state index in [0.29, 0.717) is 0 Å². The molecule has 0 aromatic rings. The first-order chi connectivity index (χ1) is 5.24. The van der Waals surface area contributed by atoms with Gasteiger partial charge in [-0.1, -0.05) is 20.3 Å². The average Bonchev–Trinajstić information content (AvgIpc) is 2.15. The molecule has 1 heteroatoms. The van der Waals surface area contributed by atoms with E-state index >= 15 is 0 Å². The van der Waals surface area contributed by atoms with Crippen LogP contribution in [-0.4, -0.2) is 12.6 Å². The van der Waals surface area contributed by atoms with Crippen molar-refractivity contribution in [3.63, 3.8) is 0 Å². The molecule has 0 amide bonds. The van der Waals surface area contributed by atoms with Gasteiger partial charge >= 0.3 is 0 Å². The van der Waals surface area contributed by atoms with Crippen LogP contribution < -0.4 is 5.32 Å². The predicted octanol–water partition coefficient (Wildman–Crippen LogP) is 2.42. The molecular formula is C10H21N. The van der Waals surface area contributed by atoms with Crippen LogP contribution in [-0.2, 0) is 0 Å². The number of nitrogens with one attached hydrogen (secondary N) is 1. The van der Waals surface area contributed by atoms with Crippen molar-refractivity contribution in [1.82, 2.24) is 5.32 Å². The van der Waals surface area contributed by atoms with E-state index in [-0.39, 0.29) is 0 Å². The van der Waals surface area contributed by atoms with Gasteiger partial charge < -0.3 is 5.32 Å². The van der Waals surface area contributed by atoms with E-state index in [1.807, 2.05) is 0 Å². The monoisotopic (exact) mass is 155 g/mol. The maximum absolute atomic E-state index is 3.56. The van der Waals surface area contributed by atoms with Crippen LogP contribution in [0.2, 0.25) is 0 Å².